The Labute approximate surface area is 247 Å². The predicted octanol–water partition coefficient (Wildman–Crippen LogP) is 4.50. The van der Waals surface area contributed by atoms with Gasteiger partial charge in [0.25, 0.3) is 11.8 Å². The Kier molecular flexibility index (Phi) is 7.70. The number of benzene rings is 1. The van der Waals surface area contributed by atoms with Crippen molar-refractivity contribution < 1.29 is 19.2 Å². The zero-order valence-electron chi connectivity index (χ0n) is 25.1. The van der Waals surface area contributed by atoms with Crippen LogP contribution in [0.4, 0.5) is 22.0 Å². The van der Waals surface area contributed by atoms with Crippen LogP contribution in [0, 0.1) is 0 Å². The lowest BCUT2D eigenvalue weighted by atomic mass is 9.87. The van der Waals surface area contributed by atoms with Crippen LogP contribution < -0.4 is 20.4 Å². The maximum absolute atomic E-state index is 13.8. The summed E-state index contributed by atoms with van der Waals surface area (Å²) in [6, 6.07) is 8.86. The second-order valence-electron chi connectivity index (χ2n) is 12.8. The van der Waals surface area contributed by atoms with Crippen molar-refractivity contribution in [2.24, 2.45) is 0 Å². The standard InChI is InChI=1S/C32H40N6O4/c1-20(2)28(40)35-26-15-21(13-14-33-26)18-37-30(42)38(29(41)32(37,5)6)23-11-12-24-25(16-23)36(19-31(24,3)4)27(39)17-34-22-9-7-8-10-22/h11-16,22,34H,1,7-10,17-19H2,2-6H3,(H,33,35,40). The Morgan fingerprint density at radius 2 is 1.79 bits per heavy atom. The van der Waals surface area contributed by atoms with Gasteiger partial charge in [0.05, 0.1) is 12.2 Å². The molecule has 2 fully saturated rings. The highest BCUT2D eigenvalue weighted by Crippen LogP contribution is 2.44. The van der Waals surface area contributed by atoms with Crippen LogP contribution in [0.2, 0.25) is 0 Å². The zero-order chi connectivity index (χ0) is 30.4. The number of carbonyl (C=O) groups excluding carboxylic acids is 4. The number of nitrogens with zero attached hydrogens (tertiary/aromatic N) is 4. The zero-order valence-corrected chi connectivity index (χ0v) is 25.1. The van der Waals surface area contributed by atoms with Crippen LogP contribution >= 0.6 is 0 Å². The molecular weight excluding hydrogens is 532 g/mol. The second-order valence-corrected chi connectivity index (χ2v) is 12.8. The molecular formula is C32H40N6O4. The van der Waals surface area contributed by atoms with E-state index >= 15 is 0 Å². The molecule has 10 nitrogen and oxygen atoms in total. The molecule has 10 heteroatoms. The number of rotatable bonds is 8. The van der Waals surface area contributed by atoms with E-state index in [9.17, 15) is 19.2 Å². The van der Waals surface area contributed by atoms with Crippen molar-refractivity contribution in [1.29, 1.82) is 0 Å². The first kappa shape index (κ1) is 29.4. The number of hydrogen-bond acceptors (Lipinski definition) is 6. The number of imide groups is 1. The van der Waals surface area contributed by atoms with Gasteiger partial charge in [-0.2, -0.15) is 0 Å². The number of urea groups is 1. The van der Waals surface area contributed by atoms with E-state index in [1.807, 2.05) is 6.07 Å². The van der Waals surface area contributed by atoms with Crippen LogP contribution in [-0.2, 0) is 26.3 Å². The summed E-state index contributed by atoms with van der Waals surface area (Å²) in [5.41, 5.74) is 1.85. The first-order valence-electron chi connectivity index (χ1n) is 14.6. The number of fused-ring (bicyclic) bond motifs is 1. The minimum atomic E-state index is -1.12. The molecule has 5 amide bonds. The molecule has 0 spiro atoms. The molecule has 0 unspecified atom stereocenters. The van der Waals surface area contributed by atoms with Crippen molar-refractivity contribution in [2.45, 2.75) is 83.8 Å². The number of pyridine rings is 1. The lowest BCUT2D eigenvalue weighted by Crippen LogP contribution is -2.43. The highest BCUT2D eigenvalue weighted by atomic mass is 16.2. The van der Waals surface area contributed by atoms with E-state index in [2.05, 4.69) is 36.0 Å². The molecule has 2 N–H and O–H groups in total. The van der Waals surface area contributed by atoms with Crippen molar-refractivity contribution in [3.8, 4) is 0 Å². The van der Waals surface area contributed by atoms with Crippen molar-refractivity contribution in [3.05, 3.63) is 59.8 Å². The molecule has 0 radical (unpaired) electrons. The lowest BCUT2D eigenvalue weighted by Gasteiger charge is -2.27. The highest BCUT2D eigenvalue weighted by molar-refractivity contribution is 6.23. The third-order valence-corrected chi connectivity index (χ3v) is 8.63. The Morgan fingerprint density at radius 3 is 2.48 bits per heavy atom. The minimum Gasteiger partial charge on any atom is -0.310 e. The van der Waals surface area contributed by atoms with Crippen LogP contribution in [-0.4, -0.2) is 58.3 Å². The van der Waals surface area contributed by atoms with Gasteiger partial charge in [-0.3, -0.25) is 14.4 Å². The molecule has 5 rings (SSSR count). The van der Waals surface area contributed by atoms with Crippen molar-refractivity contribution in [1.82, 2.24) is 15.2 Å². The van der Waals surface area contributed by atoms with Crippen molar-refractivity contribution >= 4 is 40.9 Å². The van der Waals surface area contributed by atoms with Gasteiger partial charge in [-0.15, -0.1) is 0 Å². The van der Waals surface area contributed by atoms with E-state index in [1.54, 1.807) is 56.1 Å². The molecule has 1 aromatic heterocycles. The summed E-state index contributed by atoms with van der Waals surface area (Å²) in [6.45, 7) is 13.8. The van der Waals surface area contributed by atoms with Crippen LogP contribution in [0.15, 0.2) is 48.7 Å². The molecule has 0 bridgehead atoms. The Balaban J connectivity index is 1.39. The largest absolute Gasteiger partial charge is 0.332 e. The van der Waals surface area contributed by atoms with E-state index in [4.69, 9.17) is 0 Å². The average molecular weight is 573 g/mol. The van der Waals surface area contributed by atoms with Crippen LogP contribution in [0.25, 0.3) is 0 Å². The summed E-state index contributed by atoms with van der Waals surface area (Å²) < 4.78 is 0. The minimum absolute atomic E-state index is 0.0147. The molecule has 1 aliphatic carbocycles. The van der Waals surface area contributed by atoms with Gasteiger partial charge in [-0.1, -0.05) is 39.3 Å². The quantitative estimate of drug-likeness (QED) is 0.356. The molecule has 1 saturated carbocycles. The molecule has 0 atom stereocenters. The normalized spacial score (nSPS) is 19.4. The SMILES string of the molecule is C=C(C)C(=O)Nc1cc(CN2C(=O)N(c3ccc4c(c3)N(C(=O)CNC3CCCC3)CC4(C)C)C(=O)C2(C)C)ccn1. The number of hydrogen-bond donors (Lipinski definition) is 2. The van der Waals surface area contributed by atoms with Gasteiger partial charge < -0.3 is 20.4 Å². The predicted molar refractivity (Wildman–Crippen MR) is 162 cm³/mol. The molecule has 3 aliphatic rings. The Morgan fingerprint density at radius 1 is 1.07 bits per heavy atom. The summed E-state index contributed by atoms with van der Waals surface area (Å²) in [4.78, 5) is 61.6. The van der Waals surface area contributed by atoms with Gasteiger partial charge in [0.15, 0.2) is 0 Å². The van der Waals surface area contributed by atoms with Crippen LogP contribution in [0.5, 0.6) is 0 Å². The first-order valence-corrected chi connectivity index (χ1v) is 14.6. The molecule has 222 valence electrons. The topological polar surface area (TPSA) is 115 Å². The Hall–Kier alpha value is -4.05. The van der Waals surface area contributed by atoms with E-state index in [0.717, 1.165) is 24.1 Å². The first-order chi connectivity index (χ1) is 19.8. The van der Waals surface area contributed by atoms with Gasteiger partial charge in [0.2, 0.25) is 5.91 Å². The fourth-order valence-corrected chi connectivity index (χ4v) is 6.08. The number of amides is 5. The summed E-state index contributed by atoms with van der Waals surface area (Å²) in [5, 5.41) is 6.09. The molecule has 2 aromatic rings. The average Bonchev–Trinajstić information content (AvgIpc) is 3.59. The molecule has 1 aromatic carbocycles. The summed E-state index contributed by atoms with van der Waals surface area (Å²) >= 11 is 0. The van der Waals surface area contributed by atoms with E-state index < -0.39 is 11.6 Å². The third-order valence-electron chi connectivity index (χ3n) is 8.63. The fraction of sp³-hybridized carbons (Fsp3) is 0.469. The third kappa shape index (κ3) is 5.43. The van der Waals surface area contributed by atoms with E-state index in [0.29, 0.717) is 35.2 Å². The molecule has 42 heavy (non-hydrogen) atoms. The number of aromatic nitrogens is 1. The maximum atomic E-state index is 13.8. The fourth-order valence-electron chi connectivity index (χ4n) is 6.08. The Bertz CT molecular complexity index is 1460. The van der Waals surface area contributed by atoms with E-state index in [-0.39, 0.29) is 36.2 Å². The van der Waals surface area contributed by atoms with Crippen molar-refractivity contribution in [3.63, 3.8) is 0 Å². The number of nitrogens with one attached hydrogen (secondary N) is 2. The summed E-state index contributed by atoms with van der Waals surface area (Å²) in [5.74, 6) is -0.378. The van der Waals surface area contributed by atoms with Gasteiger partial charge in [-0.25, -0.2) is 14.7 Å². The number of anilines is 3. The molecule has 3 heterocycles. The summed E-state index contributed by atoms with van der Waals surface area (Å²) in [7, 11) is 0. The van der Waals surface area contributed by atoms with Gasteiger partial charge in [0, 0.05) is 42.0 Å². The smallest absolute Gasteiger partial charge is 0.310 e. The second kappa shape index (κ2) is 11.0. The van der Waals surface area contributed by atoms with Crippen molar-refractivity contribution in [2.75, 3.05) is 28.2 Å². The molecule has 2 aliphatic heterocycles. The van der Waals surface area contributed by atoms with Gasteiger partial charge >= 0.3 is 6.03 Å². The summed E-state index contributed by atoms with van der Waals surface area (Å²) in [6.07, 6.45) is 6.11. The maximum Gasteiger partial charge on any atom is 0.332 e. The lowest BCUT2D eigenvalue weighted by molar-refractivity contribution is -0.123. The van der Waals surface area contributed by atoms with E-state index in [1.165, 1.54) is 22.6 Å². The monoisotopic (exact) mass is 572 g/mol. The molecule has 1 saturated heterocycles. The highest BCUT2D eigenvalue weighted by Gasteiger charge is 2.52. The van der Waals surface area contributed by atoms with Gasteiger partial charge in [-0.05, 0) is 69.0 Å². The number of carbonyl (C=O) groups is 4. The van der Waals surface area contributed by atoms with Crippen LogP contribution in [0.1, 0.15) is 71.4 Å². The van der Waals surface area contributed by atoms with Crippen LogP contribution in [0.3, 0.4) is 0 Å². The van der Waals surface area contributed by atoms with Gasteiger partial charge in [0.1, 0.15) is 11.4 Å².